The summed E-state index contributed by atoms with van der Waals surface area (Å²) in [6.45, 7) is 0. The Kier molecular flexibility index (Phi) is 5.16. The molecule has 1 aliphatic heterocycles. The molecule has 8 heteroatoms. The number of methoxy groups -OCH3 is 1. The molecule has 0 spiro atoms. The highest BCUT2D eigenvalue weighted by atomic mass is 32.2. The van der Waals surface area contributed by atoms with Crippen LogP contribution in [0.3, 0.4) is 0 Å². The van der Waals surface area contributed by atoms with Gasteiger partial charge in [-0.05, 0) is 55.5 Å². The number of benzene rings is 1. The van der Waals surface area contributed by atoms with Crippen LogP contribution in [0.5, 0.6) is 0 Å². The van der Waals surface area contributed by atoms with E-state index in [0.29, 0.717) is 16.3 Å². The molecule has 2 N–H and O–H groups in total. The SMILES string of the molecule is COC(=O)c1c(N2C(=O)CC(Sc3ccc(N)cc3)C2=O)sc2c1CCCC2. The van der Waals surface area contributed by atoms with Gasteiger partial charge in [-0.1, -0.05) is 0 Å². The van der Waals surface area contributed by atoms with Gasteiger partial charge in [-0.2, -0.15) is 0 Å². The van der Waals surface area contributed by atoms with E-state index in [9.17, 15) is 14.4 Å². The first-order valence-corrected chi connectivity index (χ1v) is 10.8. The lowest BCUT2D eigenvalue weighted by Crippen LogP contribution is -2.31. The van der Waals surface area contributed by atoms with Crippen LogP contribution in [0.1, 0.15) is 40.1 Å². The summed E-state index contributed by atoms with van der Waals surface area (Å²) in [6.07, 6.45) is 3.78. The quantitative estimate of drug-likeness (QED) is 0.467. The molecule has 1 aromatic carbocycles. The molecule has 2 aromatic rings. The number of fused-ring (bicyclic) bond motifs is 1. The topological polar surface area (TPSA) is 89.7 Å². The third-order valence-corrected chi connectivity index (χ3v) is 7.48. The van der Waals surface area contributed by atoms with Gasteiger partial charge in [0.2, 0.25) is 11.8 Å². The van der Waals surface area contributed by atoms with Gasteiger partial charge in [-0.25, -0.2) is 9.69 Å². The van der Waals surface area contributed by atoms with E-state index in [4.69, 9.17) is 10.5 Å². The van der Waals surface area contributed by atoms with Crippen LogP contribution in [0, 0.1) is 0 Å². The average Bonchev–Trinajstić information content (AvgIpc) is 3.19. The lowest BCUT2D eigenvalue weighted by molar-refractivity contribution is -0.121. The summed E-state index contributed by atoms with van der Waals surface area (Å²) >= 11 is 2.72. The van der Waals surface area contributed by atoms with Crippen molar-refractivity contribution in [3.63, 3.8) is 0 Å². The van der Waals surface area contributed by atoms with E-state index in [-0.39, 0.29) is 18.2 Å². The minimum Gasteiger partial charge on any atom is -0.465 e. The Morgan fingerprint density at radius 2 is 1.93 bits per heavy atom. The minimum absolute atomic E-state index is 0.108. The molecule has 4 rings (SSSR count). The Balaban J connectivity index is 1.66. The maximum absolute atomic E-state index is 13.1. The van der Waals surface area contributed by atoms with E-state index < -0.39 is 11.2 Å². The van der Waals surface area contributed by atoms with Crippen molar-refractivity contribution in [2.24, 2.45) is 0 Å². The summed E-state index contributed by atoms with van der Waals surface area (Å²) in [5, 5.41) is -0.0881. The molecule has 1 atom stereocenters. The number of amides is 2. The van der Waals surface area contributed by atoms with E-state index in [1.165, 1.54) is 35.1 Å². The summed E-state index contributed by atoms with van der Waals surface area (Å²) in [5.41, 5.74) is 7.68. The Morgan fingerprint density at radius 1 is 1.21 bits per heavy atom. The van der Waals surface area contributed by atoms with E-state index in [0.717, 1.165) is 41.0 Å². The van der Waals surface area contributed by atoms with Crippen molar-refractivity contribution in [3.05, 3.63) is 40.3 Å². The van der Waals surface area contributed by atoms with Crippen LogP contribution in [0.2, 0.25) is 0 Å². The Bertz CT molecular complexity index is 952. The number of anilines is 2. The van der Waals surface area contributed by atoms with Crippen molar-refractivity contribution in [2.75, 3.05) is 17.7 Å². The van der Waals surface area contributed by atoms with E-state index >= 15 is 0 Å². The molecule has 1 aromatic heterocycles. The molecule has 1 unspecified atom stereocenters. The molecular weight excluding hydrogens is 396 g/mol. The predicted molar refractivity (Wildman–Crippen MR) is 110 cm³/mol. The second-order valence-corrected chi connectivity index (χ2v) is 9.19. The molecule has 1 fully saturated rings. The number of nitrogens with zero attached hydrogens (tertiary/aromatic N) is 1. The number of rotatable bonds is 4. The van der Waals surface area contributed by atoms with Crippen LogP contribution in [-0.2, 0) is 27.2 Å². The third-order valence-electron chi connectivity index (χ3n) is 5.01. The standard InChI is InChI=1S/C20H20N2O4S2/c1-26-20(25)17-13-4-2-3-5-14(13)28-19(17)22-16(23)10-15(18(22)24)27-12-8-6-11(21)7-9-12/h6-9,15H,2-5,10,21H2,1H3. The summed E-state index contributed by atoms with van der Waals surface area (Å²) in [7, 11) is 1.33. The number of thioether (sulfide) groups is 1. The van der Waals surface area contributed by atoms with Gasteiger partial charge in [-0.3, -0.25) is 9.59 Å². The molecule has 6 nitrogen and oxygen atoms in total. The van der Waals surface area contributed by atoms with Gasteiger partial charge in [0.1, 0.15) is 5.00 Å². The molecule has 0 saturated carbocycles. The minimum atomic E-state index is -0.513. The fourth-order valence-electron chi connectivity index (χ4n) is 3.64. The monoisotopic (exact) mass is 416 g/mol. The van der Waals surface area contributed by atoms with Crippen molar-refractivity contribution >= 4 is 51.6 Å². The van der Waals surface area contributed by atoms with Crippen molar-refractivity contribution in [2.45, 2.75) is 42.2 Å². The van der Waals surface area contributed by atoms with Gasteiger partial charge in [0, 0.05) is 21.9 Å². The van der Waals surface area contributed by atoms with Gasteiger partial charge in [0.05, 0.1) is 17.9 Å². The van der Waals surface area contributed by atoms with E-state index in [1.807, 2.05) is 12.1 Å². The number of ether oxygens (including phenoxy) is 1. The molecule has 1 aliphatic carbocycles. The predicted octanol–water partition coefficient (Wildman–Crippen LogP) is 3.42. The lowest BCUT2D eigenvalue weighted by atomic mass is 9.95. The second-order valence-electron chi connectivity index (χ2n) is 6.83. The Hall–Kier alpha value is -2.32. The number of imide groups is 1. The third kappa shape index (κ3) is 3.31. The molecular formula is C20H20N2O4S2. The first-order valence-electron chi connectivity index (χ1n) is 9.11. The summed E-state index contributed by atoms with van der Waals surface area (Å²) in [4.78, 5) is 41.4. The molecule has 146 valence electrons. The smallest absolute Gasteiger partial charge is 0.341 e. The van der Waals surface area contributed by atoms with Crippen LogP contribution in [0.25, 0.3) is 0 Å². The second kappa shape index (κ2) is 7.60. The van der Waals surface area contributed by atoms with Crippen LogP contribution < -0.4 is 10.6 Å². The summed E-state index contributed by atoms with van der Waals surface area (Å²) in [6, 6.07) is 7.21. The number of aryl methyl sites for hydroxylation is 1. The highest BCUT2D eigenvalue weighted by Crippen LogP contribution is 2.44. The fourth-order valence-corrected chi connectivity index (χ4v) is 6.09. The molecule has 28 heavy (non-hydrogen) atoms. The summed E-state index contributed by atoms with van der Waals surface area (Å²) < 4.78 is 4.97. The van der Waals surface area contributed by atoms with Gasteiger partial charge in [0.15, 0.2) is 0 Å². The molecule has 0 radical (unpaired) electrons. The highest BCUT2D eigenvalue weighted by molar-refractivity contribution is 8.00. The fraction of sp³-hybridized carbons (Fsp3) is 0.350. The number of thiophene rings is 1. The van der Waals surface area contributed by atoms with Crippen LogP contribution >= 0.6 is 23.1 Å². The number of carbonyl (C=O) groups excluding carboxylic acids is 3. The maximum Gasteiger partial charge on any atom is 0.341 e. The van der Waals surface area contributed by atoms with Crippen LogP contribution in [0.4, 0.5) is 10.7 Å². The molecule has 1 saturated heterocycles. The average molecular weight is 417 g/mol. The van der Waals surface area contributed by atoms with E-state index in [1.54, 1.807) is 12.1 Å². The largest absolute Gasteiger partial charge is 0.465 e. The number of nitrogen functional groups attached to an aromatic ring is 1. The number of hydrogen-bond donors (Lipinski definition) is 1. The zero-order chi connectivity index (χ0) is 19.8. The van der Waals surface area contributed by atoms with Crippen LogP contribution in [0.15, 0.2) is 29.2 Å². The normalized spacial score (nSPS) is 19.0. The van der Waals surface area contributed by atoms with Crippen molar-refractivity contribution in [3.8, 4) is 0 Å². The molecule has 2 amide bonds. The number of nitrogens with two attached hydrogens (primary N) is 1. The highest BCUT2D eigenvalue weighted by Gasteiger charge is 2.43. The lowest BCUT2D eigenvalue weighted by Gasteiger charge is -2.15. The first kappa shape index (κ1) is 19.0. The van der Waals surface area contributed by atoms with Gasteiger partial charge >= 0.3 is 5.97 Å². The number of hydrogen-bond acceptors (Lipinski definition) is 7. The zero-order valence-corrected chi connectivity index (χ0v) is 17.0. The maximum atomic E-state index is 13.1. The molecule has 0 bridgehead atoms. The van der Waals surface area contributed by atoms with Crippen molar-refractivity contribution in [1.29, 1.82) is 0 Å². The number of carbonyl (C=O) groups is 3. The Labute approximate surface area is 171 Å². The zero-order valence-electron chi connectivity index (χ0n) is 15.4. The van der Waals surface area contributed by atoms with Crippen molar-refractivity contribution in [1.82, 2.24) is 0 Å². The van der Waals surface area contributed by atoms with Gasteiger partial charge in [-0.15, -0.1) is 23.1 Å². The number of esters is 1. The summed E-state index contributed by atoms with van der Waals surface area (Å²) in [5.74, 6) is -1.04. The molecule has 2 heterocycles. The molecule has 2 aliphatic rings. The van der Waals surface area contributed by atoms with Crippen molar-refractivity contribution < 1.29 is 19.1 Å². The van der Waals surface area contributed by atoms with E-state index in [2.05, 4.69) is 0 Å². The van der Waals surface area contributed by atoms with Gasteiger partial charge in [0.25, 0.3) is 0 Å². The van der Waals surface area contributed by atoms with Crippen LogP contribution in [-0.4, -0.2) is 30.1 Å². The first-order chi connectivity index (χ1) is 13.5. The Morgan fingerprint density at radius 3 is 2.64 bits per heavy atom. The van der Waals surface area contributed by atoms with Gasteiger partial charge < -0.3 is 10.5 Å².